The third kappa shape index (κ3) is 4.00. The Balaban J connectivity index is 1.74. The maximum atomic E-state index is 12.8. The van der Waals surface area contributed by atoms with Crippen molar-refractivity contribution in [3.05, 3.63) is 40.3 Å². The first-order valence-electron chi connectivity index (χ1n) is 8.74. The molecule has 0 aromatic heterocycles. The predicted molar refractivity (Wildman–Crippen MR) is 108 cm³/mol. The van der Waals surface area contributed by atoms with E-state index < -0.39 is 0 Å². The molecule has 0 radical (unpaired) electrons. The lowest BCUT2D eigenvalue weighted by Crippen LogP contribution is -2.44. The van der Waals surface area contributed by atoms with Gasteiger partial charge < -0.3 is 10.0 Å². The fourth-order valence-electron chi connectivity index (χ4n) is 3.30. The molecule has 7 heteroatoms. The number of hydrogen-bond acceptors (Lipinski definition) is 5. The van der Waals surface area contributed by atoms with E-state index in [2.05, 4.69) is 0 Å². The number of thiocarbonyl (C=S) groups is 1. The van der Waals surface area contributed by atoms with Gasteiger partial charge in [-0.15, -0.1) is 0 Å². The molecule has 26 heavy (non-hydrogen) atoms. The second kappa shape index (κ2) is 8.33. The molecule has 0 spiro atoms. The lowest BCUT2D eigenvalue weighted by Gasteiger charge is -2.35. The first-order valence-corrected chi connectivity index (χ1v) is 9.97. The number of rotatable bonds is 4. The molecule has 5 nitrogen and oxygen atoms in total. The Morgan fingerprint density at radius 2 is 2.08 bits per heavy atom. The Hall–Kier alpha value is -1.70. The third-order valence-electron chi connectivity index (χ3n) is 4.79. The summed E-state index contributed by atoms with van der Waals surface area (Å²) < 4.78 is 0.549. The first-order chi connectivity index (χ1) is 12.5. The van der Waals surface area contributed by atoms with Crippen molar-refractivity contribution in [3.8, 4) is 0 Å². The van der Waals surface area contributed by atoms with Gasteiger partial charge in [0.2, 0.25) is 0 Å². The monoisotopic (exact) mass is 390 g/mol. The SMILES string of the molecule is CN1C(=O)C(=Cc2ccc(C(=O)N3CCCCC3CCO)cc2)SC1=S. The standard InChI is InChI=1S/C19H22N2O3S2/c1-20-18(24)16(26-19(20)25)12-13-5-7-14(8-6-13)17(23)21-10-3-2-4-15(21)9-11-22/h5-8,12,15,22H,2-4,9-11H2,1H3. The number of aliphatic hydroxyl groups excluding tert-OH is 1. The highest BCUT2D eigenvalue weighted by Gasteiger charge is 2.29. The van der Waals surface area contributed by atoms with Crippen molar-refractivity contribution in [1.82, 2.24) is 9.80 Å². The van der Waals surface area contributed by atoms with E-state index in [9.17, 15) is 14.7 Å². The van der Waals surface area contributed by atoms with Gasteiger partial charge in [0, 0.05) is 31.8 Å². The lowest BCUT2D eigenvalue weighted by atomic mass is 9.98. The molecule has 1 aromatic rings. The van der Waals surface area contributed by atoms with Gasteiger partial charge in [-0.05, 0) is 49.5 Å². The summed E-state index contributed by atoms with van der Waals surface area (Å²) in [6.45, 7) is 0.840. The second-order valence-corrected chi connectivity index (χ2v) is 8.20. The Morgan fingerprint density at radius 3 is 2.69 bits per heavy atom. The highest BCUT2D eigenvalue weighted by atomic mass is 32.2. The first kappa shape index (κ1) is 19.1. The summed E-state index contributed by atoms with van der Waals surface area (Å²) in [7, 11) is 1.67. The summed E-state index contributed by atoms with van der Waals surface area (Å²) in [5.41, 5.74) is 1.50. The van der Waals surface area contributed by atoms with E-state index in [4.69, 9.17) is 12.2 Å². The molecular weight excluding hydrogens is 368 g/mol. The average Bonchev–Trinajstić information content (AvgIpc) is 2.89. The molecule has 0 saturated carbocycles. The van der Waals surface area contributed by atoms with Crippen LogP contribution in [-0.4, -0.2) is 57.3 Å². The molecule has 2 fully saturated rings. The summed E-state index contributed by atoms with van der Waals surface area (Å²) in [4.78, 5) is 28.8. The van der Waals surface area contributed by atoms with Crippen molar-refractivity contribution >= 4 is 46.2 Å². The van der Waals surface area contributed by atoms with Crippen molar-refractivity contribution in [2.24, 2.45) is 0 Å². The number of likely N-dealkylation sites (N-methyl/N-ethyl adjacent to an activating group) is 1. The zero-order valence-electron chi connectivity index (χ0n) is 14.7. The van der Waals surface area contributed by atoms with Gasteiger partial charge >= 0.3 is 0 Å². The predicted octanol–water partition coefficient (Wildman–Crippen LogP) is 2.89. The van der Waals surface area contributed by atoms with Crippen LogP contribution in [0.2, 0.25) is 0 Å². The van der Waals surface area contributed by atoms with Gasteiger partial charge in [0.05, 0.1) is 4.91 Å². The molecule has 138 valence electrons. The average molecular weight is 391 g/mol. The number of piperidine rings is 1. The molecule has 1 atom stereocenters. The van der Waals surface area contributed by atoms with Crippen LogP contribution in [0.15, 0.2) is 29.2 Å². The summed E-state index contributed by atoms with van der Waals surface area (Å²) in [6.07, 6.45) is 5.48. The molecular formula is C19H22N2O3S2. The Labute approximate surface area is 163 Å². The van der Waals surface area contributed by atoms with Crippen LogP contribution in [0.3, 0.4) is 0 Å². The molecule has 0 aliphatic carbocycles. The number of carbonyl (C=O) groups is 2. The highest BCUT2D eigenvalue weighted by molar-refractivity contribution is 8.26. The molecule has 2 amide bonds. The molecule has 3 rings (SSSR count). The van der Waals surface area contributed by atoms with Crippen LogP contribution in [0.1, 0.15) is 41.6 Å². The van der Waals surface area contributed by atoms with Crippen molar-refractivity contribution in [1.29, 1.82) is 0 Å². The minimum atomic E-state index is -0.0969. The number of likely N-dealkylation sites (tertiary alicyclic amines) is 1. The molecule has 0 bridgehead atoms. The molecule has 2 heterocycles. The quantitative estimate of drug-likeness (QED) is 0.633. The number of thioether (sulfide) groups is 1. The largest absolute Gasteiger partial charge is 0.396 e. The van der Waals surface area contributed by atoms with Crippen LogP contribution in [0, 0.1) is 0 Å². The van der Waals surface area contributed by atoms with Crippen molar-refractivity contribution in [2.75, 3.05) is 20.2 Å². The normalized spacial score (nSPS) is 22.4. The Bertz CT molecular complexity index is 744. The summed E-state index contributed by atoms with van der Waals surface area (Å²) in [5.74, 6) is -0.0881. The Morgan fingerprint density at radius 1 is 1.35 bits per heavy atom. The van der Waals surface area contributed by atoms with Gasteiger partial charge in [0.25, 0.3) is 11.8 Å². The van der Waals surface area contributed by atoms with Crippen LogP contribution >= 0.6 is 24.0 Å². The van der Waals surface area contributed by atoms with E-state index in [-0.39, 0.29) is 24.5 Å². The number of nitrogens with zero attached hydrogens (tertiary/aromatic N) is 2. The zero-order chi connectivity index (χ0) is 18.7. The van der Waals surface area contributed by atoms with E-state index in [1.807, 2.05) is 17.0 Å². The van der Waals surface area contributed by atoms with Gasteiger partial charge in [-0.25, -0.2) is 0 Å². The van der Waals surface area contributed by atoms with Crippen LogP contribution in [0.4, 0.5) is 0 Å². The molecule has 1 aromatic carbocycles. The molecule has 1 unspecified atom stereocenters. The summed E-state index contributed by atoms with van der Waals surface area (Å²) >= 11 is 6.42. The van der Waals surface area contributed by atoms with Crippen molar-refractivity contribution in [2.45, 2.75) is 31.7 Å². The summed E-state index contributed by atoms with van der Waals surface area (Å²) in [6, 6.07) is 7.41. The van der Waals surface area contributed by atoms with E-state index in [0.29, 0.717) is 21.2 Å². The number of benzene rings is 1. The highest BCUT2D eigenvalue weighted by Crippen LogP contribution is 2.31. The minimum Gasteiger partial charge on any atom is -0.396 e. The maximum absolute atomic E-state index is 12.8. The number of aliphatic hydroxyl groups is 1. The van der Waals surface area contributed by atoms with Gasteiger partial charge in [-0.2, -0.15) is 0 Å². The van der Waals surface area contributed by atoms with Crippen molar-refractivity contribution < 1.29 is 14.7 Å². The zero-order valence-corrected chi connectivity index (χ0v) is 16.3. The third-order valence-corrected chi connectivity index (χ3v) is 6.28. The van der Waals surface area contributed by atoms with E-state index in [1.54, 1.807) is 25.3 Å². The molecule has 2 saturated heterocycles. The molecule has 2 aliphatic rings. The van der Waals surface area contributed by atoms with Gasteiger partial charge in [0.15, 0.2) is 0 Å². The Kier molecular flexibility index (Phi) is 6.11. The van der Waals surface area contributed by atoms with Crippen LogP contribution in [-0.2, 0) is 4.79 Å². The molecule has 2 aliphatic heterocycles. The van der Waals surface area contributed by atoms with Gasteiger partial charge in [-0.3, -0.25) is 14.5 Å². The van der Waals surface area contributed by atoms with Crippen LogP contribution in [0.5, 0.6) is 0 Å². The number of amides is 2. The van der Waals surface area contributed by atoms with E-state index >= 15 is 0 Å². The maximum Gasteiger partial charge on any atom is 0.265 e. The fraction of sp³-hybridized carbons (Fsp3) is 0.421. The van der Waals surface area contributed by atoms with Crippen molar-refractivity contribution in [3.63, 3.8) is 0 Å². The number of carbonyl (C=O) groups excluding carboxylic acids is 2. The number of hydrogen-bond donors (Lipinski definition) is 1. The lowest BCUT2D eigenvalue weighted by molar-refractivity contribution is -0.121. The smallest absolute Gasteiger partial charge is 0.265 e. The topological polar surface area (TPSA) is 60.9 Å². The van der Waals surface area contributed by atoms with Gasteiger partial charge in [-0.1, -0.05) is 36.1 Å². The van der Waals surface area contributed by atoms with E-state index in [1.165, 1.54) is 16.7 Å². The second-order valence-electron chi connectivity index (χ2n) is 6.52. The molecule has 1 N–H and O–H groups in total. The van der Waals surface area contributed by atoms with Crippen LogP contribution < -0.4 is 0 Å². The summed E-state index contributed by atoms with van der Waals surface area (Å²) in [5, 5.41) is 9.23. The van der Waals surface area contributed by atoms with Crippen LogP contribution in [0.25, 0.3) is 6.08 Å². The van der Waals surface area contributed by atoms with Gasteiger partial charge in [0.1, 0.15) is 4.32 Å². The fourth-order valence-corrected chi connectivity index (χ4v) is 4.48. The minimum absolute atomic E-state index is 0.00887. The van der Waals surface area contributed by atoms with E-state index in [0.717, 1.165) is 31.4 Å².